The Morgan fingerprint density at radius 3 is 2.75 bits per heavy atom. The monoisotopic (exact) mass is 245 g/mol. The topological polar surface area (TPSA) is 61.6 Å². The van der Waals surface area contributed by atoms with Crippen LogP contribution in [0.3, 0.4) is 0 Å². The van der Waals surface area contributed by atoms with Crippen LogP contribution in [0.25, 0.3) is 0 Å². The second-order valence-electron chi connectivity index (χ2n) is 2.92. The van der Waals surface area contributed by atoms with Gasteiger partial charge in [-0.15, -0.1) is 0 Å². The number of nitrogens with zero attached hydrogens (tertiary/aromatic N) is 1. The molecule has 1 aromatic carbocycles. The van der Waals surface area contributed by atoms with Crippen molar-refractivity contribution in [3.8, 4) is 5.75 Å². The lowest BCUT2D eigenvalue weighted by Gasteiger charge is -2.07. The third kappa shape index (κ3) is 3.67. The SMILES string of the molecule is CCOCCOc1ccc([N+](=O)[O-])cc1Cl. The van der Waals surface area contributed by atoms with Crippen LogP contribution < -0.4 is 4.74 Å². The quantitative estimate of drug-likeness (QED) is 0.439. The van der Waals surface area contributed by atoms with Gasteiger partial charge in [0.2, 0.25) is 0 Å². The van der Waals surface area contributed by atoms with Gasteiger partial charge >= 0.3 is 0 Å². The summed E-state index contributed by atoms with van der Waals surface area (Å²) in [6.45, 7) is 3.34. The molecule has 0 saturated carbocycles. The van der Waals surface area contributed by atoms with Crippen LogP contribution in [-0.4, -0.2) is 24.7 Å². The van der Waals surface area contributed by atoms with Crippen molar-refractivity contribution in [1.82, 2.24) is 0 Å². The highest BCUT2D eigenvalue weighted by atomic mass is 35.5. The van der Waals surface area contributed by atoms with Gasteiger partial charge in [-0.1, -0.05) is 11.6 Å². The number of ether oxygens (including phenoxy) is 2. The Hall–Kier alpha value is -1.33. The van der Waals surface area contributed by atoms with E-state index in [9.17, 15) is 10.1 Å². The second-order valence-corrected chi connectivity index (χ2v) is 3.32. The zero-order valence-corrected chi connectivity index (χ0v) is 9.57. The molecule has 1 rings (SSSR count). The number of nitro groups is 1. The predicted molar refractivity (Wildman–Crippen MR) is 60.1 cm³/mol. The molecule has 0 aromatic heterocycles. The van der Waals surface area contributed by atoms with E-state index in [1.54, 1.807) is 0 Å². The molecule has 0 aliphatic rings. The maximum atomic E-state index is 10.4. The fraction of sp³-hybridized carbons (Fsp3) is 0.400. The first-order chi connectivity index (χ1) is 7.65. The van der Waals surface area contributed by atoms with Crippen LogP contribution in [0.2, 0.25) is 5.02 Å². The summed E-state index contributed by atoms with van der Waals surface area (Å²) in [6, 6.07) is 4.09. The molecule has 0 bridgehead atoms. The van der Waals surface area contributed by atoms with Crippen molar-refractivity contribution in [2.75, 3.05) is 19.8 Å². The van der Waals surface area contributed by atoms with Gasteiger partial charge in [0.15, 0.2) is 0 Å². The molecule has 5 nitrogen and oxygen atoms in total. The first-order valence-electron chi connectivity index (χ1n) is 4.79. The van der Waals surface area contributed by atoms with E-state index < -0.39 is 4.92 Å². The number of hydrogen-bond acceptors (Lipinski definition) is 4. The molecule has 0 unspecified atom stereocenters. The highest BCUT2D eigenvalue weighted by Gasteiger charge is 2.09. The number of halogens is 1. The molecule has 88 valence electrons. The smallest absolute Gasteiger partial charge is 0.271 e. The summed E-state index contributed by atoms with van der Waals surface area (Å²) in [5.41, 5.74) is -0.0536. The minimum absolute atomic E-state index is 0.0536. The summed E-state index contributed by atoms with van der Waals surface area (Å²) in [7, 11) is 0. The lowest BCUT2D eigenvalue weighted by Crippen LogP contribution is -2.06. The Bertz CT molecular complexity index is 370. The maximum Gasteiger partial charge on any atom is 0.271 e. The molecule has 0 heterocycles. The third-order valence-electron chi connectivity index (χ3n) is 1.82. The molecule has 16 heavy (non-hydrogen) atoms. The van der Waals surface area contributed by atoms with Gasteiger partial charge in [0.05, 0.1) is 16.6 Å². The van der Waals surface area contributed by atoms with Crippen molar-refractivity contribution in [3.63, 3.8) is 0 Å². The number of non-ortho nitro benzene ring substituents is 1. The van der Waals surface area contributed by atoms with E-state index in [1.165, 1.54) is 18.2 Å². The molecule has 0 fully saturated rings. The third-order valence-corrected chi connectivity index (χ3v) is 2.11. The Balaban J connectivity index is 2.57. The Morgan fingerprint density at radius 1 is 1.44 bits per heavy atom. The fourth-order valence-corrected chi connectivity index (χ4v) is 1.30. The molecule has 0 amide bonds. The Morgan fingerprint density at radius 2 is 2.19 bits per heavy atom. The fourth-order valence-electron chi connectivity index (χ4n) is 1.08. The molecular weight excluding hydrogens is 234 g/mol. The molecule has 0 spiro atoms. The normalized spacial score (nSPS) is 10.1. The van der Waals surface area contributed by atoms with Crippen molar-refractivity contribution in [3.05, 3.63) is 33.3 Å². The van der Waals surface area contributed by atoms with Gasteiger partial charge in [0.25, 0.3) is 5.69 Å². The molecule has 0 radical (unpaired) electrons. The summed E-state index contributed by atoms with van der Waals surface area (Å²) in [5.74, 6) is 0.423. The van der Waals surface area contributed by atoms with Crippen molar-refractivity contribution in [1.29, 1.82) is 0 Å². The number of nitro benzene ring substituents is 1. The molecule has 0 atom stereocenters. The van der Waals surface area contributed by atoms with Crippen molar-refractivity contribution in [2.45, 2.75) is 6.92 Å². The van der Waals surface area contributed by atoms with Crippen molar-refractivity contribution >= 4 is 17.3 Å². The molecule has 1 aromatic rings. The van der Waals surface area contributed by atoms with E-state index in [1.807, 2.05) is 6.92 Å². The van der Waals surface area contributed by atoms with Crippen LogP contribution in [0, 0.1) is 10.1 Å². The number of rotatable bonds is 6. The first kappa shape index (κ1) is 12.7. The lowest BCUT2D eigenvalue weighted by atomic mass is 10.3. The molecule has 0 aliphatic carbocycles. The van der Waals surface area contributed by atoms with E-state index in [-0.39, 0.29) is 10.7 Å². The van der Waals surface area contributed by atoms with Gasteiger partial charge < -0.3 is 9.47 Å². The zero-order valence-electron chi connectivity index (χ0n) is 8.81. The maximum absolute atomic E-state index is 10.4. The Kier molecular flexibility index (Phi) is 5.01. The summed E-state index contributed by atoms with van der Waals surface area (Å²) < 4.78 is 10.4. The van der Waals surface area contributed by atoms with Gasteiger partial charge in [-0.05, 0) is 13.0 Å². The highest BCUT2D eigenvalue weighted by Crippen LogP contribution is 2.28. The van der Waals surface area contributed by atoms with E-state index in [4.69, 9.17) is 21.1 Å². The van der Waals surface area contributed by atoms with Crippen molar-refractivity contribution < 1.29 is 14.4 Å². The Labute approximate surface area is 98.1 Å². The summed E-state index contributed by atoms with van der Waals surface area (Å²) >= 11 is 5.82. The van der Waals surface area contributed by atoms with Crippen LogP contribution >= 0.6 is 11.6 Å². The summed E-state index contributed by atoms with van der Waals surface area (Å²) in [6.07, 6.45) is 0. The largest absolute Gasteiger partial charge is 0.490 e. The van der Waals surface area contributed by atoms with Gasteiger partial charge in [-0.25, -0.2) is 0 Å². The molecule has 0 N–H and O–H groups in total. The second kappa shape index (κ2) is 6.30. The minimum atomic E-state index is -0.504. The van der Waals surface area contributed by atoms with Gasteiger partial charge in [-0.2, -0.15) is 0 Å². The van der Waals surface area contributed by atoms with Crippen LogP contribution in [0.4, 0.5) is 5.69 Å². The van der Waals surface area contributed by atoms with Crippen LogP contribution in [-0.2, 0) is 4.74 Å². The van der Waals surface area contributed by atoms with Crippen LogP contribution in [0.5, 0.6) is 5.75 Å². The van der Waals surface area contributed by atoms with Crippen molar-refractivity contribution in [2.24, 2.45) is 0 Å². The first-order valence-corrected chi connectivity index (χ1v) is 5.17. The molecule has 0 saturated heterocycles. The van der Waals surface area contributed by atoms with E-state index in [0.717, 1.165) is 0 Å². The number of hydrogen-bond donors (Lipinski definition) is 0. The molecule has 6 heteroatoms. The van der Waals surface area contributed by atoms with E-state index >= 15 is 0 Å². The van der Waals surface area contributed by atoms with Gasteiger partial charge in [0, 0.05) is 18.7 Å². The van der Waals surface area contributed by atoms with Gasteiger partial charge in [0.1, 0.15) is 12.4 Å². The molecular formula is C10H12ClNO4. The van der Waals surface area contributed by atoms with E-state index in [0.29, 0.717) is 25.6 Å². The average molecular weight is 246 g/mol. The average Bonchev–Trinajstić information content (AvgIpc) is 2.26. The predicted octanol–water partition coefficient (Wildman–Crippen LogP) is 2.66. The minimum Gasteiger partial charge on any atom is -0.490 e. The van der Waals surface area contributed by atoms with Crippen LogP contribution in [0.15, 0.2) is 18.2 Å². The standard InChI is InChI=1S/C10H12ClNO4/c1-2-15-5-6-16-10-4-3-8(12(13)14)7-9(10)11/h3-4,7H,2,5-6H2,1H3. The molecule has 0 aliphatic heterocycles. The lowest BCUT2D eigenvalue weighted by molar-refractivity contribution is -0.384. The van der Waals surface area contributed by atoms with E-state index in [2.05, 4.69) is 0 Å². The number of benzene rings is 1. The van der Waals surface area contributed by atoms with Gasteiger partial charge in [-0.3, -0.25) is 10.1 Å². The summed E-state index contributed by atoms with van der Waals surface area (Å²) in [5, 5.41) is 10.7. The highest BCUT2D eigenvalue weighted by molar-refractivity contribution is 6.32. The summed E-state index contributed by atoms with van der Waals surface area (Å²) in [4.78, 5) is 9.95. The zero-order chi connectivity index (χ0) is 12.0. The van der Waals surface area contributed by atoms with Crippen LogP contribution in [0.1, 0.15) is 6.92 Å².